The lowest BCUT2D eigenvalue weighted by molar-refractivity contribution is -0.139. The van der Waals surface area contributed by atoms with E-state index in [-0.39, 0.29) is 5.82 Å². The number of fused-ring (bicyclic) bond motifs is 1. The molecule has 4 nitrogen and oxygen atoms in total. The van der Waals surface area contributed by atoms with Crippen LogP contribution in [0.1, 0.15) is 19.4 Å². The zero-order chi connectivity index (χ0) is 15.6. The lowest BCUT2D eigenvalue weighted by Gasteiger charge is -2.28. The van der Waals surface area contributed by atoms with E-state index < -0.39 is 16.8 Å². The van der Waals surface area contributed by atoms with E-state index in [1.807, 2.05) is 0 Å². The minimum Gasteiger partial charge on any atom is -0.480 e. The van der Waals surface area contributed by atoms with Gasteiger partial charge in [-0.2, -0.15) is 0 Å². The third-order valence-corrected chi connectivity index (χ3v) is 4.87. The van der Waals surface area contributed by atoms with E-state index in [2.05, 4.69) is 4.98 Å². The second-order valence-corrected chi connectivity index (χ2v) is 6.94. The molecule has 0 aliphatic carbocycles. The maximum atomic E-state index is 13.7. The minimum absolute atomic E-state index is 0.312. The highest BCUT2D eigenvalue weighted by molar-refractivity contribution is 7.99. The van der Waals surface area contributed by atoms with Crippen LogP contribution in [0.15, 0.2) is 30.5 Å². The van der Waals surface area contributed by atoms with Gasteiger partial charge in [0.05, 0.1) is 5.52 Å². The van der Waals surface area contributed by atoms with Gasteiger partial charge in [-0.05, 0) is 37.6 Å². The Bertz CT molecular complexity index is 676. The van der Waals surface area contributed by atoms with Crippen LogP contribution in [0.3, 0.4) is 0 Å². The van der Waals surface area contributed by atoms with Gasteiger partial charge in [-0.3, -0.25) is 9.78 Å². The number of rotatable bonds is 5. The average molecular weight is 308 g/mol. The van der Waals surface area contributed by atoms with Crippen molar-refractivity contribution in [1.82, 2.24) is 4.98 Å². The van der Waals surface area contributed by atoms with Gasteiger partial charge in [0, 0.05) is 22.1 Å². The second-order valence-electron chi connectivity index (χ2n) is 5.31. The number of carboxylic acids is 1. The van der Waals surface area contributed by atoms with Crippen molar-refractivity contribution in [2.24, 2.45) is 5.73 Å². The monoisotopic (exact) mass is 308 g/mol. The van der Waals surface area contributed by atoms with Gasteiger partial charge in [0.15, 0.2) is 0 Å². The molecule has 1 heterocycles. The summed E-state index contributed by atoms with van der Waals surface area (Å²) in [6.45, 7) is 3.57. The molecule has 3 N–H and O–H groups in total. The lowest BCUT2D eigenvalue weighted by Crippen LogP contribution is -2.46. The maximum absolute atomic E-state index is 13.7. The highest BCUT2D eigenvalue weighted by atomic mass is 32.2. The molecule has 2 aromatic rings. The van der Waals surface area contributed by atoms with Crippen molar-refractivity contribution >= 4 is 28.6 Å². The fraction of sp³-hybridized carbons (Fsp3) is 0.333. The van der Waals surface area contributed by atoms with Gasteiger partial charge in [-0.15, -0.1) is 11.8 Å². The molecule has 0 spiro atoms. The van der Waals surface area contributed by atoms with Crippen LogP contribution in [0.25, 0.3) is 10.9 Å². The largest absolute Gasteiger partial charge is 0.480 e. The van der Waals surface area contributed by atoms with E-state index in [1.165, 1.54) is 17.8 Å². The molecular weight excluding hydrogens is 291 g/mol. The van der Waals surface area contributed by atoms with Crippen molar-refractivity contribution in [3.8, 4) is 0 Å². The number of hydrogen-bond donors (Lipinski definition) is 2. The van der Waals surface area contributed by atoms with Crippen molar-refractivity contribution in [3.63, 3.8) is 0 Å². The molecule has 0 saturated carbocycles. The summed E-state index contributed by atoms with van der Waals surface area (Å²) >= 11 is 1.42. The van der Waals surface area contributed by atoms with Crippen LogP contribution in [0.2, 0.25) is 0 Å². The highest BCUT2D eigenvalue weighted by Crippen LogP contribution is 2.32. The van der Waals surface area contributed by atoms with Gasteiger partial charge in [-0.25, -0.2) is 4.39 Å². The Morgan fingerprint density at radius 1 is 1.48 bits per heavy atom. The molecule has 0 radical (unpaired) electrons. The smallest absolute Gasteiger partial charge is 0.321 e. The van der Waals surface area contributed by atoms with Crippen LogP contribution in [-0.4, -0.2) is 26.8 Å². The summed E-state index contributed by atoms with van der Waals surface area (Å²) in [6.07, 6.45) is 1.62. The molecule has 0 aliphatic rings. The molecule has 2 rings (SSSR count). The summed E-state index contributed by atoms with van der Waals surface area (Å²) in [4.78, 5) is 15.2. The van der Waals surface area contributed by atoms with Gasteiger partial charge in [0.1, 0.15) is 11.9 Å². The van der Waals surface area contributed by atoms with E-state index in [9.17, 15) is 9.18 Å². The first kappa shape index (κ1) is 15.7. The molecule has 1 atom stereocenters. The van der Waals surface area contributed by atoms with E-state index in [0.29, 0.717) is 16.7 Å². The van der Waals surface area contributed by atoms with Crippen molar-refractivity contribution in [3.05, 3.63) is 41.8 Å². The molecule has 0 aliphatic heterocycles. The molecule has 0 saturated heterocycles. The number of nitrogens with two attached hydrogens (primary N) is 1. The summed E-state index contributed by atoms with van der Waals surface area (Å²) < 4.78 is 13.1. The molecule has 21 heavy (non-hydrogen) atoms. The normalized spacial score (nSPS) is 13.3. The summed E-state index contributed by atoms with van der Waals surface area (Å²) in [6, 6.07) is 5.48. The molecule has 6 heteroatoms. The number of carboxylic acid groups (broad SMARTS) is 1. The van der Waals surface area contributed by atoms with E-state index >= 15 is 0 Å². The van der Waals surface area contributed by atoms with Gasteiger partial charge in [-0.1, -0.05) is 6.07 Å². The zero-order valence-corrected chi connectivity index (χ0v) is 12.7. The summed E-state index contributed by atoms with van der Waals surface area (Å²) in [5.74, 6) is -0.829. The van der Waals surface area contributed by atoms with E-state index in [1.54, 1.807) is 38.2 Å². The van der Waals surface area contributed by atoms with Gasteiger partial charge >= 0.3 is 5.97 Å². The third-order valence-electron chi connectivity index (χ3n) is 3.41. The number of aromatic nitrogens is 1. The number of benzene rings is 1. The summed E-state index contributed by atoms with van der Waals surface area (Å²) in [5.41, 5.74) is 7.16. The molecule has 0 fully saturated rings. The number of carbonyl (C=O) groups is 1. The third kappa shape index (κ3) is 3.33. The number of pyridine rings is 1. The summed E-state index contributed by atoms with van der Waals surface area (Å²) in [5, 5.41) is 9.49. The number of nitrogens with zero attached hydrogens (tertiary/aromatic N) is 1. The number of thioether (sulfide) groups is 1. The fourth-order valence-corrected chi connectivity index (χ4v) is 3.00. The van der Waals surface area contributed by atoms with Crippen LogP contribution in [0.5, 0.6) is 0 Å². The Balaban J connectivity index is 2.25. The predicted molar refractivity (Wildman–Crippen MR) is 82.7 cm³/mol. The molecule has 1 aromatic heterocycles. The van der Waals surface area contributed by atoms with Crippen LogP contribution >= 0.6 is 11.8 Å². The number of hydrogen-bond acceptors (Lipinski definition) is 4. The molecule has 112 valence electrons. The average Bonchev–Trinajstić information content (AvgIpc) is 2.46. The Hall–Kier alpha value is -1.66. The highest BCUT2D eigenvalue weighted by Gasteiger charge is 2.32. The topological polar surface area (TPSA) is 76.2 Å². The Kier molecular flexibility index (Phi) is 4.49. The molecule has 0 bridgehead atoms. The van der Waals surface area contributed by atoms with Gasteiger partial charge < -0.3 is 10.8 Å². The first-order valence-electron chi connectivity index (χ1n) is 6.47. The summed E-state index contributed by atoms with van der Waals surface area (Å²) in [7, 11) is 0. The van der Waals surface area contributed by atoms with E-state index in [0.717, 1.165) is 5.56 Å². The Morgan fingerprint density at radius 2 is 2.19 bits per heavy atom. The van der Waals surface area contributed by atoms with Crippen LogP contribution in [0, 0.1) is 5.82 Å². The van der Waals surface area contributed by atoms with Crippen molar-refractivity contribution in [2.75, 3.05) is 0 Å². The second kappa shape index (κ2) is 5.99. The van der Waals surface area contributed by atoms with Crippen molar-refractivity contribution < 1.29 is 14.3 Å². The van der Waals surface area contributed by atoms with E-state index in [4.69, 9.17) is 10.8 Å². The Labute approximate surface area is 126 Å². The SMILES string of the molecule is CC(C)(SCc1ccc(F)c2cccnc12)[C@H](N)C(=O)O. The zero-order valence-electron chi connectivity index (χ0n) is 11.8. The molecular formula is C15H17FN2O2S. The quantitative estimate of drug-likeness (QED) is 0.888. The van der Waals surface area contributed by atoms with Crippen LogP contribution in [0.4, 0.5) is 4.39 Å². The predicted octanol–water partition coefficient (Wildman–Crippen LogP) is 2.80. The molecule has 0 unspecified atom stereocenters. The lowest BCUT2D eigenvalue weighted by atomic mass is 10.1. The molecule has 0 amide bonds. The van der Waals surface area contributed by atoms with Crippen LogP contribution < -0.4 is 5.73 Å². The standard InChI is InChI=1S/C15H17FN2O2S/c1-15(2,13(17)14(19)20)21-8-9-5-6-11(16)10-4-3-7-18-12(9)10/h3-7,13H,8,17H2,1-2H3,(H,19,20)/t13-/m1/s1. The Morgan fingerprint density at radius 3 is 2.86 bits per heavy atom. The molecule has 1 aromatic carbocycles. The van der Waals surface area contributed by atoms with Crippen LogP contribution in [-0.2, 0) is 10.5 Å². The van der Waals surface area contributed by atoms with Crippen molar-refractivity contribution in [1.29, 1.82) is 0 Å². The minimum atomic E-state index is -1.03. The first-order valence-corrected chi connectivity index (χ1v) is 7.46. The fourth-order valence-electron chi connectivity index (χ4n) is 1.96. The number of aliphatic carboxylic acids is 1. The first-order chi connectivity index (χ1) is 9.83. The van der Waals surface area contributed by atoms with Gasteiger partial charge in [0.2, 0.25) is 0 Å². The number of halogens is 1. The van der Waals surface area contributed by atoms with Crippen molar-refractivity contribution in [2.45, 2.75) is 30.4 Å². The maximum Gasteiger partial charge on any atom is 0.321 e. The van der Waals surface area contributed by atoms with Gasteiger partial charge in [0.25, 0.3) is 0 Å².